The molecule has 0 aliphatic heterocycles. The van der Waals surface area contributed by atoms with Gasteiger partial charge in [0, 0.05) is 46.3 Å². The van der Waals surface area contributed by atoms with E-state index in [4.69, 9.17) is 9.47 Å². The molecule has 0 spiro atoms. The van der Waals surface area contributed by atoms with E-state index in [9.17, 15) is 105 Å². The molecule has 0 saturated carbocycles. The van der Waals surface area contributed by atoms with E-state index in [0.717, 1.165) is 5.56 Å². The lowest BCUT2D eigenvalue weighted by molar-refractivity contribution is -0.515. The number of carbonyl (C=O) groups is 9. The molecule has 0 aliphatic rings. The summed E-state index contributed by atoms with van der Waals surface area (Å²) in [6.07, 6.45) is -28.6. The van der Waals surface area contributed by atoms with Gasteiger partial charge in [0.15, 0.2) is 26.4 Å². The van der Waals surface area contributed by atoms with E-state index in [0.29, 0.717) is 17.8 Å². The summed E-state index contributed by atoms with van der Waals surface area (Å²) >= 11 is 0. The Labute approximate surface area is 534 Å². The van der Waals surface area contributed by atoms with Crippen molar-refractivity contribution >= 4 is 54.1 Å². The van der Waals surface area contributed by atoms with Gasteiger partial charge in [0.2, 0.25) is 0 Å². The molecule has 95 heavy (non-hydrogen) atoms. The van der Waals surface area contributed by atoms with Gasteiger partial charge in [-0.3, -0.25) is 4.79 Å². The number of ether oxygens (including phenoxy) is 14. The molecule has 0 fully saturated rings. The number of alkyl halides is 14. The van der Waals surface area contributed by atoms with Gasteiger partial charge in [0.25, 0.3) is 0 Å². The summed E-state index contributed by atoms with van der Waals surface area (Å²) in [5.41, 5.74) is 1.97. The number of esters is 7. The van der Waals surface area contributed by atoms with Gasteiger partial charge in [0.05, 0.1) is 26.1 Å². The fourth-order valence-corrected chi connectivity index (χ4v) is 4.73. The van der Waals surface area contributed by atoms with Crippen LogP contribution in [0.1, 0.15) is 72.8 Å². The van der Waals surface area contributed by atoms with Gasteiger partial charge < -0.3 is 56.8 Å². The normalized spacial score (nSPS) is 11.3. The number of hydrogen-bond acceptors (Lipinski definition) is 23. The zero-order valence-corrected chi connectivity index (χ0v) is 52.1. The molecule has 0 unspecified atom stereocenters. The third-order valence-electron chi connectivity index (χ3n) is 9.55. The molecule has 0 heterocycles. The van der Waals surface area contributed by atoms with Crippen LogP contribution in [0.25, 0.3) is 0 Å². The number of methoxy groups -OCH3 is 1. The van der Waals surface area contributed by atoms with Crippen molar-refractivity contribution in [2.24, 2.45) is 0 Å². The van der Waals surface area contributed by atoms with Crippen LogP contribution in [0, 0.1) is 0 Å². The predicted molar refractivity (Wildman–Crippen MR) is 297 cm³/mol. The third-order valence-corrected chi connectivity index (χ3v) is 9.55. The largest absolute Gasteiger partial charge is 0.508 e. The maximum atomic E-state index is 13.9. The highest BCUT2D eigenvalue weighted by Gasteiger charge is 2.72. The predicted octanol–water partition coefficient (Wildman–Crippen LogP) is 11.7. The lowest BCUT2D eigenvalue weighted by Gasteiger charge is -2.32. The van der Waals surface area contributed by atoms with Crippen molar-refractivity contribution < 1.29 is 171 Å². The standard InChI is InChI=1S/C22H28F6O7.C20H22F8O12.C11H12O2.C5H8O2/c1-14(2)18(30)32-10-6-8-16(5)34-12-20(23,24)22(27,28)21(25,26)13-35-17(29)9-7-11-33-19(31)15(3)4;1-11(2)13(29)33-5-7-35-15(31)37-9-17(21,22)39-19(25,26)20(27,28)40-18(23,24)10-38-16(32)36-8-6-34-14(30)12(3)4;1-9(2)11(12)13-8-10-6-4-3-5-7-10;1-4(2)5(6)7-3/h1,3,5-13H2,2,4H3;1,3,5-10H2,2,4H3;3-7H,1,8H2,2H3;1H2,2-3H3. The SMILES string of the molecule is C=C(C)C(=O)OC.C=C(C)C(=O)OCCOC(=O)OCC(F)(F)OC(F)(F)C(F)(F)OC(F)(F)COC(=O)OCCOC(=O)C(=C)C.C=C(C)C(=O)OCc1ccccc1.C=C(CCCOC(=O)C(=C)C)OCC(F)(F)C(F)(F)C(F)(F)COC(=O)CCCOC(=O)C(=C)C. The monoisotopic (exact) mass is 1400 g/mol. The molecule has 0 N–H and O–H groups in total. The molecular weight excluding hydrogens is 1330 g/mol. The van der Waals surface area contributed by atoms with Gasteiger partial charge in [0.1, 0.15) is 33.0 Å². The molecule has 1 aromatic rings. The van der Waals surface area contributed by atoms with Crippen LogP contribution in [0.2, 0.25) is 0 Å². The van der Waals surface area contributed by atoms with Gasteiger partial charge >= 0.3 is 96.3 Å². The first-order valence-corrected chi connectivity index (χ1v) is 26.4. The maximum absolute atomic E-state index is 13.9. The second-order valence-electron chi connectivity index (χ2n) is 18.7. The number of allylic oxidation sites excluding steroid dienone is 1. The molecule has 23 nitrogen and oxygen atoms in total. The van der Waals surface area contributed by atoms with E-state index in [1.165, 1.54) is 34.8 Å². The average Bonchev–Trinajstić information content (AvgIpc) is 0.780. The molecule has 0 radical (unpaired) electrons. The van der Waals surface area contributed by atoms with Gasteiger partial charge in [-0.1, -0.05) is 76.4 Å². The van der Waals surface area contributed by atoms with E-state index >= 15 is 0 Å². The minimum atomic E-state index is -6.47. The molecule has 1 rings (SSSR count). The molecular formula is C58H70F14O23. The molecule has 0 amide bonds. The Balaban J connectivity index is -0.00000138. The Morgan fingerprint density at radius 2 is 0.684 bits per heavy atom. The van der Waals surface area contributed by atoms with Crippen molar-refractivity contribution in [1.29, 1.82) is 0 Å². The summed E-state index contributed by atoms with van der Waals surface area (Å²) in [6.45, 7) is 19.4. The Bertz CT molecular complexity index is 2670. The molecule has 0 saturated heterocycles. The van der Waals surface area contributed by atoms with Crippen molar-refractivity contribution in [1.82, 2.24) is 0 Å². The lowest BCUT2D eigenvalue weighted by Crippen LogP contribution is -2.58. The molecule has 37 heteroatoms. The van der Waals surface area contributed by atoms with Crippen LogP contribution < -0.4 is 0 Å². The maximum Gasteiger partial charge on any atom is 0.508 e. The molecule has 1 aromatic carbocycles. The van der Waals surface area contributed by atoms with Crippen molar-refractivity contribution in [2.45, 2.75) is 116 Å². The zero-order chi connectivity index (χ0) is 74.4. The highest BCUT2D eigenvalue weighted by Crippen LogP contribution is 2.47. The zero-order valence-electron chi connectivity index (χ0n) is 52.1. The number of halogens is 14. The summed E-state index contributed by atoms with van der Waals surface area (Å²) in [7, 11) is 1.33. The van der Waals surface area contributed by atoms with Crippen LogP contribution in [0.5, 0.6) is 0 Å². The van der Waals surface area contributed by atoms with Crippen molar-refractivity contribution in [3.05, 3.63) is 121 Å². The first kappa shape index (κ1) is 90.2. The second-order valence-corrected chi connectivity index (χ2v) is 18.7. The van der Waals surface area contributed by atoms with E-state index in [2.05, 4.69) is 103 Å². The topological polar surface area (TPSA) is 283 Å². The Hall–Kier alpha value is -9.03. The quantitative estimate of drug-likeness (QED) is 0.0148. The first-order valence-electron chi connectivity index (χ1n) is 26.4. The highest BCUT2D eigenvalue weighted by atomic mass is 19.4. The van der Waals surface area contributed by atoms with Crippen molar-refractivity contribution in [3.8, 4) is 0 Å². The van der Waals surface area contributed by atoms with E-state index in [1.54, 1.807) is 13.8 Å². The van der Waals surface area contributed by atoms with Crippen molar-refractivity contribution in [2.75, 3.05) is 73.2 Å². The summed E-state index contributed by atoms with van der Waals surface area (Å²) in [6, 6.07) is 9.55. The summed E-state index contributed by atoms with van der Waals surface area (Å²) < 4.78 is 248. The minimum absolute atomic E-state index is 0.0374. The molecule has 0 bridgehead atoms. The van der Waals surface area contributed by atoms with E-state index in [-0.39, 0.29) is 66.7 Å². The fourth-order valence-electron chi connectivity index (χ4n) is 4.73. The van der Waals surface area contributed by atoms with Gasteiger partial charge in [-0.25, -0.2) is 47.8 Å². The Morgan fingerprint density at radius 1 is 0.368 bits per heavy atom. The minimum Gasteiger partial charge on any atom is -0.492 e. The average molecular weight is 1400 g/mol. The molecule has 0 aromatic heterocycles. The molecule has 538 valence electrons. The van der Waals surface area contributed by atoms with Gasteiger partial charge in [-0.05, 0) is 59.9 Å². The second kappa shape index (κ2) is 43.0. The van der Waals surface area contributed by atoms with E-state index < -0.39 is 149 Å². The van der Waals surface area contributed by atoms with Gasteiger partial charge in [-0.15, -0.1) is 0 Å². The Kier molecular flexibility index (Phi) is 40.9. The first-order chi connectivity index (χ1) is 43.4. The van der Waals surface area contributed by atoms with Gasteiger partial charge in [-0.2, -0.15) is 61.5 Å². The van der Waals surface area contributed by atoms with Crippen LogP contribution in [-0.4, -0.2) is 169 Å². The summed E-state index contributed by atoms with van der Waals surface area (Å²) in [5, 5.41) is 0. The van der Waals surface area contributed by atoms with Crippen LogP contribution in [0.3, 0.4) is 0 Å². The smallest absolute Gasteiger partial charge is 0.492 e. The summed E-state index contributed by atoms with van der Waals surface area (Å²) in [5.74, 6) is -22.5. The van der Waals surface area contributed by atoms with Crippen LogP contribution in [-0.2, 0) is 106 Å². The van der Waals surface area contributed by atoms with Crippen LogP contribution in [0.4, 0.5) is 71.1 Å². The number of carbonyl (C=O) groups excluding carboxylic acids is 9. The Morgan fingerprint density at radius 3 is 1.02 bits per heavy atom. The summed E-state index contributed by atoms with van der Waals surface area (Å²) in [4.78, 5) is 99.4. The van der Waals surface area contributed by atoms with E-state index in [1.807, 2.05) is 30.3 Å². The van der Waals surface area contributed by atoms with Crippen LogP contribution in [0.15, 0.2) is 116 Å². The van der Waals surface area contributed by atoms with Crippen molar-refractivity contribution in [3.63, 3.8) is 0 Å². The number of hydrogen-bond donors (Lipinski definition) is 0. The van der Waals surface area contributed by atoms with Crippen LogP contribution >= 0.6 is 0 Å². The third kappa shape index (κ3) is 40.0. The highest BCUT2D eigenvalue weighted by molar-refractivity contribution is 5.89. The molecule has 0 aliphatic carbocycles. The lowest BCUT2D eigenvalue weighted by atomic mass is 10.1. The number of rotatable bonds is 38. The molecule has 0 atom stereocenters. The fraction of sp³-hybridized carbons (Fsp3) is 0.500. The number of benzene rings is 1.